The first-order chi connectivity index (χ1) is 11.4. The van der Waals surface area contributed by atoms with Crippen LogP contribution >= 0.6 is 0 Å². The Morgan fingerprint density at radius 1 is 1.00 bits per heavy atom. The lowest BCUT2D eigenvalue weighted by molar-refractivity contribution is -0.139. The lowest BCUT2D eigenvalue weighted by atomic mass is 10.1. The first-order valence-corrected chi connectivity index (χ1v) is 7.09. The summed E-state index contributed by atoms with van der Waals surface area (Å²) in [6.45, 7) is -0.0644. The van der Waals surface area contributed by atoms with E-state index in [2.05, 4.69) is 10.1 Å². The number of halogens is 3. The number of nitrogens with zero attached hydrogens (tertiary/aromatic N) is 3. The molecule has 0 spiro atoms. The molecule has 122 valence electrons. The third-order valence-electron chi connectivity index (χ3n) is 3.43. The Labute approximate surface area is 135 Å². The van der Waals surface area contributed by atoms with Crippen molar-refractivity contribution in [2.24, 2.45) is 0 Å². The summed E-state index contributed by atoms with van der Waals surface area (Å²) in [5.41, 5.74) is -1.16. The molecule has 0 saturated carbocycles. The number of benzene rings is 1. The van der Waals surface area contributed by atoms with Gasteiger partial charge in [0.15, 0.2) is 0 Å². The summed E-state index contributed by atoms with van der Waals surface area (Å²) in [6.07, 6.45) is -1.73. The van der Waals surface area contributed by atoms with E-state index in [1.165, 1.54) is 12.4 Å². The van der Waals surface area contributed by atoms with Crippen molar-refractivity contribution in [1.82, 2.24) is 14.8 Å². The topological polar surface area (TPSA) is 47.8 Å². The van der Waals surface area contributed by atoms with Crippen LogP contribution in [0.1, 0.15) is 11.1 Å². The molecule has 2 aromatic heterocycles. The average Bonchev–Trinajstić information content (AvgIpc) is 2.57. The van der Waals surface area contributed by atoms with Gasteiger partial charge in [0.1, 0.15) is 5.56 Å². The second-order valence-corrected chi connectivity index (χ2v) is 5.13. The van der Waals surface area contributed by atoms with Crippen molar-refractivity contribution in [2.45, 2.75) is 12.7 Å². The average molecular weight is 331 g/mol. The van der Waals surface area contributed by atoms with E-state index in [0.29, 0.717) is 11.1 Å². The zero-order valence-electron chi connectivity index (χ0n) is 12.4. The van der Waals surface area contributed by atoms with Crippen LogP contribution < -0.4 is 5.56 Å². The molecule has 2 heterocycles. The lowest BCUT2D eigenvalue weighted by Crippen LogP contribution is -2.31. The number of aromatic nitrogens is 3. The van der Waals surface area contributed by atoms with Crippen LogP contribution in [0.4, 0.5) is 13.2 Å². The number of alkyl halides is 3. The van der Waals surface area contributed by atoms with E-state index in [1.807, 2.05) is 0 Å². The molecule has 0 bridgehead atoms. The number of rotatable bonds is 3. The SMILES string of the molecule is O=c1c(C(F)(F)F)cc(-c2ccccc2)nn1Cc1ccncc1. The van der Waals surface area contributed by atoms with Crippen molar-refractivity contribution in [2.75, 3.05) is 0 Å². The monoisotopic (exact) mass is 331 g/mol. The van der Waals surface area contributed by atoms with Gasteiger partial charge >= 0.3 is 6.18 Å². The van der Waals surface area contributed by atoms with Crippen LogP contribution in [-0.2, 0) is 12.7 Å². The van der Waals surface area contributed by atoms with E-state index in [0.717, 1.165) is 10.7 Å². The zero-order chi connectivity index (χ0) is 17.2. The minimum Gasteiger partial charge on any atom is -0.267 e. The molecule has 3 rings (SSSR count). The maximum atomic E-state index is 13.2. The quantitative estimate of drug-likeness (QED) is 0.739. The van der Waals surface area contributed by atoms with Crippen molar-refractivity contribution in [3.8, 4) is 11.3 Å². The molecule has 0 aliphatic carbocycles. The van der Waals surface area contributed by atoms with Crippen LogP contribution in [0.3, 0.4) is 0 Å². The normalized spacial score (nSPS) is 11.5. The Balaban J connectivity index is 2.15. The van der Waals surface area contributed by atoms with Gasteiger partial charge in [0.25, 0.3) is 5.56 Å². The molecule has 0 N–H and O–H groups in total. The first kappa shape index (κ1) is 15.9. The molecule has 0 saturated heterocycles. The molecule has 24 heavy (non-hydrogen) atoms. The fourth-order valence-electron chi connectivity index (χ4n) is 2.26. The number of pyridine rings is 1. The van der Waals surface area contributed by atoms with Gasteiger partial charge in [-0.3, -0.25) is 9.78 Å². The minimum atomic E-state index is -4.75. The zero-order valence-corrected chi connectivity index (χ0v) is 12.4. The molecule has 0 radical (unpaired) electrons. The maximum Gasteiger partial charge on any atom is 0.421 e. The molecule has 0 aliphatic rings. The molecule has 0 fully saturated rings. The van der Waals surface area contributed by atoms with Crippen LogP contribution in [0.5, 0.6) is 0 Å². The Hall–Kier alpha value is -2.96. The van der Waals surface area contributed by atoms with E-state index in [1.54, 1.807) is 42.5 Å². The van der Waals surface area contributed by atoms with Gasteiger partial charge in [-0.1, -0.05) is 30.3 Å². The molecule has 0 amide bonds. The van der Waals surface area contributed by atoms with Gasteiger partial charge in [0.05, 0.1) is 12.2 Å². The fraction of sp³-hybridized carbons (Fsp3) is 0.118. The highest BCUT2D eigenvalue weighted by Gasteiger charge is 2.35. The molecule has 0 aliphatic heterocycles. The minimum absolute atomic E-state index is 0.0644. The highest BCUT2D eigenvalue weighted by atomic mass is 19.4. The Bertz CT molecular complexity index is 890. The summed E-state index contributed by atoms with van der Waals surface area (Å²) in [5, 5.41) is 4.10. The number of hydrogen-bond donors (Lipinski definition) is 0. The number of hydrogen-bond acceptors (Lipinski definition) is 3. The summed E-state index contributed by atoms with van der Waals surface area (Å²) in [4.78, 5) is 16.0. The first-order valence-electron chi connectivity index (χ1n) is 7.09. The van der Waals surface area contributed by atoms with Gasteiger partial charge in [0.2, 0.25) is 0 Å². The molecule has 3 aromatic rings. The molecular weight excluding hydrogens is 319 g/mol. The third-order valence-corrected chi connectivity index (χ3v) is 3.43. The predicted octanol–water partition coefficient (Wildman–Crippen LogP) is 3.37. The van der Waals surface area contributed by atoms with Crippen LogP contribution in [0.2, 0.25) is 0 Å². The van der Waals surface area contributed by atoms with E-state index < -0.39 is 17.3 Å². The third kappa shape index (κ3) is 3.34. The van der Waals surface area contributed by atoms with Gasteiger partial charge in [-0.2, -0.15) is 18.3 Å². The largest absolute Gasteiger partial charge is 0.421 e. The molecule has 4 nitrogen and oxygen atoms in total. The molecule has 0 unspecified atom stereocenters. The molecule has 0 atom stereocenters. The highest BCUT2D eigenvalue weighted by Crippen LogP contribution is 2.28. The smallest absolute Gasteiger partial charge is 0.267 e. The standard InChI is InChI=1S/C17H12F3N3O/c18-17(19,20)14-10-15(13-4-2-1-3-5-13)22-23(16(14)24)11-12-6-8-21-9-7-12/h1-10H,11H2. The van der Waals surface area contributed by atoms with Gasteiger partial charge in [-0.25, -0.2) is 4.68 Å². The Morgan fingerprint density at radius 3 is 2.29 bits per heavy atom. The summed E-state index contributed by atoms with van der Waals surface area (Å²) in [7, 11) is 0. The van der Waals surface area contributed by atoms with E-state index in [9.17, 15) is 18.0 Å². The van der Waals surface area contributed by atoms with Crippen molar-refractivity contribution in [3.63, 3.8) is 0 Å². The van der Waals surface area contributed by atoms with Crippen molar-refractivity contribution in [1.29, 1.82) is 0 Å². The highest BCUT2D eigenvalue weighted by molar-refractivity contribution is 5.59. The van der Waals surface area contributed by atoms with Crippen LogP contribution in [0.15, 0.2) is 65.7 Å². The van der Waals surface area contributed by atoms with Crippen molar-refractivity contribution < 1.29 is 13.2 Å². The van der Waals surface area contributed by atoms with Gasteiger partial charge in [-0.15, -0.1) is 0 Å². The molecule has 1 aromatic carbocycles. The van der Waals surface area contributed by atoms with Crippen LogP contribution in [-0.4, -0.2) is 14.8 Å². The van der Waals surface area contributed by atoms with E-state index in [4.69, 9.17) is 0 Å². The fourth-order valence-corrected chi connectivity index (χ4v) is 2.26. The van der Waals surface area contributed by atoms with Gasteiger partial charge in [-0.05, 0) is 23.8 Å². The Kier molecular flexibility index (Phi) is 4.16. The van der Waals surface area contributed by atoms with Crippen LogP contribution in [0, 0.1) is 0 Å². The summed E-state index contributed by atoms with van der Waals surface area (Å²) in [5.74, 6) is 0. The van der Waals surface area contributed by atoms with Crippen molar-refractivity contribution >= 4 is 0 Å². The second kappa shape index (κ2) is 6.27. The van der Waals surface area contributed by atoms with Gasteiger partial charge < -0.3 is 0 Å². The van der Waals surface area contributed by atoms with Crippen molar-refractivity contribution in [3.05, 3.63) is 82.4 Å². The Morgan fingerprint density at radius 2 is 1.67 bits per heavy atom. The van der Waals surface area contributed by atoms with E-state index in [-0.39, 0.29) is 12.2 Å². The van der Waals surface area contributed by atoms with Gasteiger partial charge in [0, 0.05) is 18.0 Å². The summed E-state index contributed by atoms with van der Waals surface area (Å²) in [6, 6.07) is 12.5. The maximum absolute atomic E-state index is 13.2. The predicted molar refractivity (Wildman–Crippen MR) is 82.3 cm³/mol. The lowest BCUT2D eigenvalue weighted by Gasteiger charge is -2.12. The summed E-state index contributed by atoms with van der Waals surface area (Å²) >= 11 is 0. The summed E-state index contributed by atoms with van der Waals surface area (Å²) < 4.78 is 40.5. The van der Waals surface area contributed by atoms with Crippen LogP contribution in [0.25, 0.3) is 11.3 Å². The second-order valence-electron chi connectivity index (χ2n) is 5.13. The molecular formula is C17H12F3N3O. The molecule has 7 heteroatoms. The van der Waals surface area contributed by atoms with E-state index >= 15 is 0 Å².